The van der Waals surface area contributed by atoms with Crippen molar-refractivity contribution in [1.82, 2.24) is 9.55 Å². The van der Waals surface area contributed by atoms with Gasteiger partial charge in [-0.1, -0.05) is 0 Å². The fraction of sp³-hybridized carbons (Fsp3) is 0.500. The SMILES string of the molecule is Cc1cc2c(cc1F)[nH]c(=S)n2CCC1CCOC1. The molecule has 0 amide bonds. The number of H-pyrrole nitrogens is 1. The molecule has 19 heavy (non-hydrogen) atoms. The van der Waals surface area contributed by atoms with Crippen molar-refractivity contribution < 1.29 is 9.13 Å². The molecule has 3 rings (SSSR count). The highest BCUT2D eigenvalue weighted by atomic mass is 32.1. The molecular weight excluding hydrogens is 263 g/mol. The molecular formula is C14H17FN2OS. The van der Waals surface area contributed by atoms with E-state index in [0.717, 1.165) is 43.6 Å². The lowest BCUT2D eigenvalue weighted by Gasteiger charge is -2.09. The molecule has 1 aromatic heterocycles. The van der Waals surface area contributed by atoms with E-state index < -0.39 is 0 Å². The van der Waals surface area contributed by atoms with Crippen LogP contribution < -0.4 is 0 Å². The number of nitrogens with zero attached hydrogens (tertiary/aromatic N) is 1. The van der Waals surface area contributed by atoms with Crippen LogP contribution in [0.25, 0.3) is 11.0 Å². The van der Waals surface area contributed by atoms with Gasteiger partial charge in [0.2, 0.25) is 0 Å². The Labute approximate surface area is 116 Å². The van der Waals surface area contributed by atoms with Crippen LogP contribution in [0.15, 0.2) is 12.1 Å². The van der Waals surface area contributed by atoms with Gasteiger partial charge >= 0.3 is 0 Å². The lowest BCUT2D eigenvalue weighted by Crippen LogP contribution is -2.06. The fourth-order valence-corrected chi connectivity index (χ4v) is 2.93. The van der Waals surface area contributed by atoms with Crippen LogP contribution in [0.3, 0.4) is 0 Å². The van der Waals surface area contributed by atoms with E-state index in [2.05, 4.69) is 9.55 Å². The second-order valence-electron chi connectivity index (χ2n) is 5.22. The lowest BCUT2D eigenvalue weighted by molar-refractivity contribution is 0.183. The van der Waals surface area contributed by atoms with E-state index in [9.17, 15) is 4.39 Å². The van der Waals surface area contributed by atoms with Crippen LogP contribution in [-0.2, 0) is 11.3 Å². The number of ether oxygens (including phenoxy) is 1. The van der Waals surface area contributed by atoms with Crippen molar-refractivity contribution in [3.63, 3.8) is 0 Å². The Kier molecular flexibility index (Phi) is 3.41. The number of halogens is 1. The van der Waals surface area contributed by atoms with Crippen molar-refractivity contribution >= 4 is 23.3 Å². The van der Waals surface area contributed by atoms with Crippen molar-refractivity contribution in [2.24, 2.45) is 5.92 Å². The summed E-state index contributed by atoms with van der Waals surface area (Å²) < 4.78 is 21.7. The van der Waals surface area contributed by atoms with Gasteiger partial charge in [-0.05, 0) is 55.6 Å². The third-order valence-corrected chi connectivity index (χ3v) is 4.16. The standard InChI is InChI=1S/C14H17FN2OS/c1-9-6-13-12(7-11(9)15)16-14(19)17(13)4-2-10-3-5-18-8-10/h6-7,10H,2-5,8H2,1H3,(H,16,19). The van der Waals surface area contributed by atoms with Crippen molar-refractivity contribution in [1.29, 1.82) is 0 Å². The number of fused-ring (bicyclic) bond motifs is 1. The monoisotopic (exact) mass is 280 g/mol. The van der Waals surface area contributed by atoms with Crippen LogP contribution in [-0.4, -0.2) is 22.8 Å². The minimum Gasteiger partial charge on any atom is -0.381 e. The number of rotatable bonds is 3. The molecule has 1 aromatic carbocycles. The number of aromatic amines is 1. The highest BCUT2D eigenvalue weighted by Gasteiger charge is 2.16. The maximum absolute atomic E-state index is 13.5. The molecule has 2 aromatic rings. The summed E-state index contributed by atoms with van der Waals surface area (Å²) in [7, 11) is 0. The van der Waals surface area contributed by atoms with Gasteiger partial charge in [-0.25, -0.2) is 4.39 Å². The first kappa shape index (κ1) is 12.8. The zero-order valence-electron chi connectivity index (χ0n) is 10.9. The number of hydrogen-bond acceptors (Lipinski definition) is 2. The van der Waals surface area contributed by atoms with E-state index >= 15 is 0 Å². The summed E-state index contributed by atoms with van der Waals surface area (Å²) in [5.74, 6) is 0.425. The Morgan fingerprint density at radius 3 is 3.11 bits per heavy atom. The minimum atomic E-state index is -0.194. The number of benzene rings is 1. The largest absolute Gasteiger partial charge is 0.381 e. The second-order valence-corrected chi connectivity index (χ2v) is 5.61. The average Bonchev–Trinajstić information content (AvgIpc) is 2.96. The number of aromatic nitrogens is 2. The summed E-state index contributed by atoms with van der Waals surface area (Å²) in [6.45, 7) is 4.36. The summed E-state index contributed by atoms with van der Waals surface area (Å²) in [6, 6.07) is 3.39. The molecule has 0 spiro atoms. The molecule has 2 heterocycles. The predicted octanol–water partition coefficient (Wildman–Crippen LogP) is 3.57. The molecule has 1 aliphatic rings. The zero-order valence-corrected chi connectivity index (χ0v) is 11.7. The fourth-order valence-electron chi connectivity index (χ4n) is 2.63. The van der Waals surface area contributed by atoms with Gasteiger partial charge in [-0.2, -0.15) is 0 Å². The number of nitrogens with one attached hydrogen (secondary N) is 1. The smallest absolute Gasteiger partial charge is 0.178 e. The van der Waals surface area contributed by atoms with Crippen molar-refractivity contribution in [2.45, 2.75) is 26.3 Å². The van der Waals surface area contributed by atoms with E-state index in [1.165, 1.54) is 6.07 Å². The third-order valence-electron chi connectivity index (χ3n) is 3.84. The first-order valence-electron chi connectivity index (χ1n) is 6.61. The Balaban J connectivity index is 1.91. The van der Waals surface area contributed by atoms with Gasteiger partial charge < -0.3 is 14.3 Å². The summed E-state index contributed by atoms with van der Waals surface area (Å²) in [6.07, 6.45) is 2.18. The molecule has 1 saturated heterocycles. The number of hydrogen-bond donors (Lipinski definition) is 1. The molecule has 1 fully saturated rings. The van der Waals surface area contributed by atoms with Crippen LogP contribution in [0, 0.1) is 23.4 Å². The van der Waals surface area contributed by atoms with E-state index in [1.54, 1.807) is 6.92 Å². The number of aryl methyl sites for hydroxylation is 2. The molecule has 1 aliphatic heterocycles. The average molecular weight is 280 g/mol. The van der Waals surface area contributed by atoms with Crippen LogP contribution in [0.1, 0.15) is 18.4 Å². The highest BCUT2D eigenvalue weighted by Crippen LogP contribution is 2.22. The molecule has 1 unspecified atom stereocenters. The Bertz CT molecular complexity index is 655. The summed E-state index contributed by atoms with van der Waals surface area (Å²) in [4.78, 5) is 3.08. The van der Waals surface area contributed by atoms with Gasteiger partial charge in [0.25, 0.3) is 0 Å². The number of imidazole rings is 1. The van der Waals surface area contributed by atoms with Crippen LogP contribution in [0.4, 0.5) is 4.39 Å². The zero-order chi connectivity index (χ0) is 13.4. The van der Waals surface area contributed by atoms with Crippen molar-refractivity contribution in [3.05, 3.63) is 28.3 Å². The first-order valence-corrected chi connectivity index (χ1v) is 7.02. The van der Waals surface area contributed by atoms with Crippen LogP contribution >= 0.6 is 12.2 Å². The molecule has 0 saturated carbocycles. The van der Waals surface area contributed by atoms with E-state index in [0.29, 0.717) is 16.3 Å². The molecule has 3 nitrogen and oxygen atoms in total. The van der Waals surface area contributed by atoms with Crippen molar-refractivity contribution in [3.8, 4) is 0 Å². The molecule has 1 N–H and O–H groups in total. The molecule has 0 aliphatic carbocycles. The highest BCUT2D eigenvalue weighted by molar-refractivity contribution is 7.71. The van der Waals surface area contributed by atoms with Crippen LogP contribution in [0.2, 0.25) is 0 Å². The quantitative estimate of drug-likeness (QED) is 0.871. The first-order chi connectivity index (χ1) is 9.15. The van der Waals surface area contributed by atoms with Gasteiger partial charge in [0.1, 0.15) is 5.82 Å². The maximum Gasteiger partial charge on any atom is 0.178 e. The van der Waals surface area contributed by atoms with E-state index in [-0.39, 0.29) is 5.82 Å². The lowest BCUT2D eigenvalue weighted by atomic mass is 10.1. The van der Waals surface area contributed by atoms with Gasteiger partial charge in [0.05, 0.1) is 11.0 Å². The predicted molar refractivity (Wildman–Crippen MR) is 75.4 cm³/mol. The molecule has 1 atom stereocenters. The molecule has 102 valence electrons. The molecule has 0 radical (unpaired) electrons. The summed E-state index contributed by atoms with van der Waals surface area (Å²) >= 11 is 5.33. The van der Waals surface area contributed by atoms with Gasteiger partial charge in [-0.3, -0.25) is 0 Å². The second kappa shape index (κ2) is 5.06. The maximum atomic E-state index is 13.5. The van der Waals surface area contributed by atoms with Crippen molar-refractivity contribution in [2.75, 3.05) is 13.2 Å². The Morgan fingerprint density at radius 1 is 1.53 bits per heavy atom. The molecule has 0 bridgehead atoms. The van der Waals surface area contributed by atoms with Gasteiger partial charge in [0, 0.05) is 19.8 Å². The third kappa shape index (κ3) is 2.44. The van der Waals surface area contributed by atoms with Crippen LogP contribution in [0.5, 0.6) is 0 Å². The molecule has 5 heteroatoms. The minimum absolute atomic E-state index is 0.194. The topological polar surface area (TPSA) is 29.9 Å². The normalized spacial score (nSPS) is 19.4. The Morgan fingerprint density at radius 2 is 2.37 bits per heavy atom. The summed E-state index contributed by atoms with van der Waals surface area (Å²) in [5.41, 5.74) is 2.41. The summed E-state index contributed by atoms with van der Waals surface area (Å²) in [5, 5.41) is 0. The van der Waals surface area contributed by atoms with E-state index in [4.69, 9.17) is 17.0 Å². The van der Waals surface area contributed by atoms with E-state index in [1.807, 2.05) is 6.07 Å². The van der Waals surface area contributed by atoms with Gasteiger partial charge in [0.15, 0.2) is 4.77 Å². The Hall–Kier alpha value is -1.20. The van der Waals surface area contributed by atoms with Gasteiger partial charge in [-0.15, -0.1) is 0 Å².